The number of aliphatic hydroxyl groups excluding tert-OH is 1. The third kappa shape index (κ3) is 3.33. The molecular formula is C14H18N4O2. The van der Waals surface area contributed by atoms with Crippen molar-refractivity contribution < 1.29 is 9.84 Å². The molecule has 0 aromatic carbocycles. The number of hydrogen-bond donors (Lipinski definition) is 1. The SMILES string of the molecule is COCC(O)CN(C)Cc1cnc2ccc(C#N)cn12. The first-order chi connectivity index (χ1) is 9.63. The summed E-state index contributed by atoms with van der Waals surface area (Å²) in [6.07, 6.45) is 3.05. The molecule has 0 fully saturated rings. The van der Waals surface area contributed by atoms with Crippen LogP contribution in [-0.4, -0.2) is 52.8 Å². The lowest BCUT2D eigenvalue weighted by Crippen LogP contribution is -2.31. The Morgan fingerprint density at radius 1 is 1.55 bits per heavy atom. The zero-order chi connectivity index (χ0) is 14.5. The van der Waals surface area contributed by atoms with Crippen molar-refractivity contribution in [3.05, 3.63) is 35.8 Å². The highest BCUT2D eigenvalue weighted by atomic mass is 16.5. The number of likely N-dealkylation sites (N-methyl/N-ethyl adjacent to an activating group) is 1. The summed E-state index contributed by atoms with van der Waals surface area (Å²) in [5, 5.41) is 18.7. The van der Waals surface area contributed by atoms with Crippen LogP contribution in [0.1, 0.15) is 11.3 Å². The molecule has 6 heteroatoms. The minimum Gasteiger partial charge on any atom is -0.389 e. The Balaban J connectivity index is 2.11. The van der Waals surface area contributed by atoms with Crippen LogP contribution in [0.5, 0.6) is 0 Å². The van der Waals surface area contributed by atoms with Gasteiger partial charge in [0.05, 0.1) is 30.2 Å². The van der Waals surface area contributed by atoms with Crippen LogP contribution in [0.25, 0.3) is 5.65 Å². The molecule has 0 aliphatic heterocycles. The van der Waals surface area contributed by atoms with E-state index in [1.165, 1.54) is 0 Å². The van der Waals surface area contributed by atoms with E-state index in [1.54, 1.807) is 25.6 Å². The van der Waals surface area contributed by atoms with Gasteiger partial charge in [0.2, 0.25) is 0 Å². The topological polar surface area (TPSA) is 73.8 Å². The van der Waals surface area contributed by atoms with E-state index in [9.17, 15) is 5.11 Å². The third-order valence-corrected chi connectivity index (χ3v) is 3.02. The Labute approximate surface area is 117 Å². The number of aromatic nitrogens is 2. The monoisotopic (exact) mass is 274 g/mol. The van der Waals surface area contributed by atoms with E-state index < -0.39 is 6.10 Å². The molecule has 6 nitrogen and oxygen atoms in total. The van der Waals surface area contributed by atoms with Crippen LogP contribution in [-0.2, 0) is 11.3 Å². The summed E-state index contributed by atoms with van der Waals surface area (Å²) in [6, 6.07) is 5.69. The van der Waals surface area contributed by atoms with Crippen molar-refractivity contribution >= 4 is 5.65 Å². The third-order valence-electron chi connectivity index (χ3n) is 3.02. The van der Waals surface area contributed by atoms with E-state index in [-0.39, 0.29) is 0 Å². The van der Waals surface area contributed by atoms with E-state index in [2.05, 4.69) is 11.1 Å². The largest absolute Gasteiger partial charge is 0.389 e. The molecule has 1 N–H and O–H groups in total. The molecule has 0 saturated carbocycles. The van der Waals surface area contributed by atoms with Crippen LogP contribution < -0.4 is 0 Å². The van der Waals surface area contributed by atoms with E-state index in [0.717, 1.165) is 11.3 Å². The maximum atomic E-state index is 9.71. The first kappa shape index (κ1) is 14.5. The van der Waals surface area contributed by atoms with E-state index >= 15 is 0 Å². The highest BCUT2D eigenvalue weighted by Crippen LogP contribution is 2.10. The predicted octanol–water partition coefficient (Wildman–Crippen LogP) is 0.645. The molecule has 2 aromatic rings. The molecule has 0 bridgehead atoms. The van der Waals surface area contributed by atoms with Crippen molar-refractivity contribution in [3.8, 4) is 6.07 Å². The average Bonchev–Trinajstić information content (AvgIpc) is 2.81. The van der Waals surface area contributed by atoms with Gasteiger partial charge in [0.15, 0.2) is 0 Å². The molecule has 2 heterocycles. The summed E-state index contributed by atoms with van der Waals surface area (Å²) in [5.41, 5.74) is 2.38. The quantitative estimate of drug-likeness (QED) is 0.837. The number of rotatable bonds is 6. The lowest BCUT2D eigenvalue weighted by atomic mass is 10.3. The Bertz CT molecular complexity index is 617. The number of hydrogen-bond acceptors (Lipinski definition) is 5. The van der Waals surface area contributed by atoms with Crippen molar-refractivity contribution in [1.29, 1.82) is 5.26 Å². The molecule has 0 spiro atoms. The van der Waals surface area contributed by atoms with E-state index in [4.69, 9.17) is 10.00 Å². The normalized spacial score (nSPS) is 12.8. The van der Waals surface area contributed by atoms with Crippen LogP contribution in [0.15, 0.2) is 24.5 Å². The van der Waals surface area contributed by atoms with Crippen LogP contribution >= 0.6 is 0 Å². The predicted molar refractivity (Wildman–Crippen MR) is 74.1 cm³/mol. The Hall–Kier alpha value is -1.94. The van der Waals surface area contributed by atoms with Gasteiger partial charge in [-0.05, 0) is 19.2 Å². The van der Waals surface area contributed by atoms with Gasteiger partial charge < -0.3 is 14.2 Å². The van der Waals surface area contributed by atoms with Gasteiger partial charge in [0, 0.05) is 26.4 Å². The van der Waals surface area contributed by atoms with E-state index in [0.29, 0.717) is 25.3 Å². The molecule has 0 amide bonds. The van der Waals surface area contributed by atoms with Crippen LogP contribution in [0, 0.1) is 11.3 Å². The molecule has 106 valence electrons. The summed E-state index contributed by atoms with van der Waals surface area (Å²) in [6.45, 7) is 1.46. The van der Waals surface area contributed by atoms with Crippen molar-refractivity contribution in [2.75, 3.05) is 27.3 Å². The maximum Gasteiger partial charge on any atom is 0.137 e. The summed E-state index contributed by atoms with van der Waals surface area (Å²) in [4.78, 5) is 6.29. The first-order valence-corrected chi connectivity index (χ1v) is 6.35. The van der Waals surface area contributed by atoms with Crippen LogP contribution in [0.4, 0.5) is 0 Å². The smallest absolute Gasteiger partial charge is 0.137 e. The fourth-order valence-electron chi connectivity index (χ4n) is 2.16. The standard InChI is InChI=1S/C14H18N4O2/c1-17(9-13(19)10-20-2)8-12-6-16-14-4-3-11(5-15)7-18(12)14/h3-4,6-7,13,19H,8-10H2,1-2H3. The molecule has 20 heavy (non-hydrogen) atoms. The molecular weight excluding hydrogens is 256 g/mol. The summed E-state index contributed by atoms with van der Waals surface area (Å²) in [7, 11) is 3.49. The molecule has 1 atom stereocenters. The Kier molecular flexibility index (Phi) is 4.69. The van der Waals surface area contributed by atoms with Gasteiger partial charge in [0.1, 0.15) is 11.7 Å². The molecule has 0 aliphatic carbocycles. The van der Waals surface area contributed by atoms with Gasteiger partial charge >= 0.3 is 0 Å². The van der Waals surface area contributed by atoms with Gasteiger partial charge in [-0.3, -0.25) is 4.90 Å². The lowest BCUT2D eigenvalue weighted by molar-refractivity contribution is 0.0416. The number of nitrogens with zero attached hydrogens (tertiary/aromatic N) is 4. The molecule has 2 aromatic heterocycles. The van der Waals surface area contributed by atoms with Gasteiger partial charge in [-0.1, -0.05) is 0 Å². The zero-order valence-electron chi connectivity index (χ0n) is 11.7. The average molecular weight is 274 g/mol. The van der Waals surface area contributed by atoms with Gasteiger partial charge in [-0.2, -0.15) is 5.26 Å². The van der Waals surface area contributed by atoms with Crippen molar-refractivity contribution in [2.45, 2.75) is 12.6 Å². The minimum atomic E-state index is -0.515. The molecule has 0 saturated heterocycles. The molecule has 0 aliphatic rings. The van der Waals surface area contributed by atoms with Crippen molar-refractivity contribution in [1.82, 2.24) is 14.3 Å². The highest BCUT2D eigenvalue weighted by Gasteiger charge is 2.11. The maximum absolute atomic E-state index is 9.71. The number of pyridine rings is 1. The van der Waals surface area contributed by atoms with Gasteiger partial charge in [-0.25, -0.2) is 4.98 Å². The molecule has 2 rings (SSSR count). The lowest BCUT2D eigenvalue weighted by Gasteiger charge is -2.19. The molecule has 1 unspecified atom stereocenters. The minimum absolute atomic E-state index is 0.316. The van der Waals surface area contributed by atoms with Gasteiger partial charge in [-0.15, -0.1) is 0 Å². The fourth-order valence-corrected chi connectivity index (χ4v) is 2.16. The van der Waals surface area contributed by atoms with Gasteiger partial charge in [0.25, 0.3) is 0 Å². The summed E-state index contributed by atoms with van der Waals surface area (Å²) in [5.74, 6) is 0. The first-order valence-electron chi connectivity index (χ1n) is 6.35. The second-order valence-electron chi connectivity index (χ2n) is 4.81. The Morgan fingerprint density at radius 3 is 3.05 bits per heavy atom. The summed E-state index contributed by atoms with van der Waals surface area (Å²) < 4.78 is 6.81. The Morgan fingerprint density at radius 2 is 2.35 bits per heavy atom. The van der Waals surface area contributed by atoms with E-state index in [1.807, 2.05) is 22.4 Å². The number of imidazole rings is 1. The van der Waals surface area contributed by atoms with Crippen molar-refractivity contribution in [3.63, 3.8) is 0 Å². The molecule has 0 radical (unpaired) electrons. The zero-order valence-corrected chi connectivity index (χ0v) is 11.7. The van der Waals surface area contributed by atoms with Crippen LogP contribution in [0.3, 0.4) is 0 Å². The fraction of sp³-hybridized carbons (Fsp3) is 0.429. The highest BCUT2D eigenvalue weighted by molar-refractivity contribution is 5.44. The van der Waals surface area contributed by atoms with Crippen molar-refractivity contribution in [2.24, 2.45) is 0 Å². The second-order valence-corrected chi connectivity index (χ2v) is 4.81. The number of fused-ring (bicyclic) bond motifs is 1. The number of aliphatic hydroxyl groups is 1. The second kappa shape index (κ2) is 6.48. The summed E-state index contributed by atoms with van der Waals surface area (Å²) >= 11 is 0. The number of methoxy groups -OCH3 is 1. The number of nitriles is 1. The van der Waals surface area contributed by atoms with Crippen LogP contribution in [0.2, 0.25) is 0 Å². The number of ether oxygens (including phenoxy) is 1.